The van der Waals surface area contributed by atoms with E-state index in [2.05, 4.69) is 22.4 Å². The van der Waals surface area contributed by atoms with Gasteiger partial charge in [0.1, 0.15) is 5.75 Å². The van der Waals surface area contributed by atoms with Crippen LogP contribution < -0.4 is 10.1 Å². The number of ether oxygens (including phenoxy) is 1. The van der Waals surface area contributed by atoms with E-state index in [0.717, 1.165) is 12.1 Å². The summed E-state index contributed by atoms with van der Waals surface area (Å²) in [6.45, 7) is 1.59. The topological polar surface area (TPSA) is 56.1 Å². The molecular weight excluding hydrogens is 350 g/mol. The number of rotatable bonds is 8. The Morgan fingerprint density at radius 2 is 1.96 bits per heavy atom. The Kier molecular flexibility index (Phi) is 6.28. The third-order valence-electron chi connectivity index (χ3n) is 3.82. The highest BCUT2D eigenvalue weighted by molar-refractivity contribution is 6.30. The number of nitrogens with zero attached hydrogens (tertiary/aromatic N) is 2. The lowest BCUT2D eigenvalue weighted by Crippen LogP contribution is -2.24. The van der Waals surface area contributed by atoms with Gasteiger partial charge >= 0.3 is 0 Å². The van der Waals surface area contributed by atoms with Gasteiger partial charge < -0.3 is 14.6 Å². The molecule has 134 valence electrons. The molecule has 0 aliphatic carbocycles. The van der Waals surface area contributed by atoms with Crippen LogP contribution in [0.4, 0.5) is 0 Å². The number of hydrogen-bond acceptors (Lipinski definition) is 3. The minimum Gasteiger partial charge on any atom is -0.493 e. The van der Waals surface area contributed by atoms with Crippen molar-refractivity contribution in [3.05, 3.63) is 83.4 Å². The summed E-state index contributed by atoms with van der Waals surface area (Å²) in [6, 6.07) is 15.2. The molecule has 0 spiro atoms. The zero-order chi connectivity index (χ0) is 18.2. The first-order chi connectivity index (χ1) is 12.7. The molecule has 3 aromatic rings. The largest absolute Gasteiger partial charge is 0.493 e. The predicted molar refractivity (Wildman–Crippen MR) is 101 cm³/mol. The van der Waals surface area contributed by atoms with Gasteiger partial charge in [-0.3, -0.25) is 4.79 Å². The fourth-order valence-electron chi connectivity index (χ4n) is 2.51. The van der Waals surface area contributed by atoms with Gasteiger partial charge in [0.05, 0.1) is 19.4 Å². The summed E-state index contributed by atoms with van der Waals surface area (Å²) in [5.74, 6) is 0.661. The summed E-state index contributed by atoms with van der Waals surface area (Å²) >= 11 is 5.82. The molecule has 5 nitrogen and oxygen atoms in total. The molecule has 1 heterocycles. The van der Waals surface area contributed by atoms with Gasteiger partial charge in [0, 0.05) is 30.5 Å². The van der Waals surface area contributed by atoms with E-state index in [1.807, 2.05) is 22.9 Å². The SMILES string of the molecule is O=C(CCOc1ccc(Cl)cc1)NCc1cccc(Cn2ccnc2)c1. The molecule has 0 atom stereocenters. The molecule has 0 unspecified atom stereocenters. The molecule has 0 aliphatic rings. The second-order valence-electron chi connectivity index (χ2n) is 5.88. The Hall–Kier alpha value is -2.79. The Balaban J connectivity index is 1.41. The number of carbonyl (C=O) groups excluding carboxylic acids is 1. The van der Waals surface area contributed by atoms with E-state index in [4.69, 9.17) is 16.3 Å². The summed E-state index contributed by atoms with van der Waals surface area (Å²) in [5.41, 5.74) is 2.23. The van der Waals surface area contributed by atoms with Crippen LogP contribution in [0.3, 0.4) is 0 Å². The molecule has 26 heavy (non-hydrogen) atoms. The molecule has 0 bridgehead atoms. The van der Waals surface area contributed by atoms with Crippen LogP contribution in [0, 0.1) is 0 Å². The summed E-state index contributed by atoms with van der Waals surface area (Å²) in [6.07, 6.45) is 5.78. The fourth-order valence-corrected chi connectivity index (χ4v) is 2.64. The van der Waals surface area contributed by atoms with E-state index in [1.165, 1.54) is 5.56 Å². The Morgan fingerprint density at radius 1 is 1.15 bits per heavy atom. The van der Waals surface area contributed by atoms with Crippen LogP contribution in [0.25, 0.3) is 0 Å². The Morgan fingerprint density at radius 3 is 2.73 bits per heavy atom. The molecular formula is C20H20ClN3O2. The summed E-state index contributed by atoms with van der Waals surface area (Å²) in [4.78, 5) is 16.0. The number of benzene rings is 2. The van der Waals surface area contributed by atoms with Gasteiger partial charge in [0.15, 0.2) is 0 Å². The van der Waals surface area contributed by atoms with Crippen molar-refractivity contribution >= 4 is 17.5 Å². The van der Waals surface area contributed by atoms with Crippen LogP contribution in [0.1, 0.15) is 17.5 Å². The van der Waals surface area contributed by atoms with Gasteiger partial charge in [-0.2, -0.15) is 0 Å². The lowest BCUT2D eigenvalue weighted by atomic mass is 10.1. The molecule has 0 radical (unpaired) electrons. The molecule has 2 aromatic carbocycles. The van der Waals surface area contributed by atoms with Crippen LogP contribution in [0.15, 0.2) is 67.3 Å². The number of nitrogens with one attached hydrogen (secondary N) is 1. The quantitative estimate of drug-likeness (QED) is 0.659. The van der Waals surface area contributed by atoms with Gasteiger partial charge in [-0.1, -0.05) is 35.9 Å². The molecule has 6 heteroatoms. The zero-order valence-electron chi connectivity index (χ0n) is 14.3. The smallest absolute Gasteiger partial charge is 0.223 e. The minimum atomic E-state index is -0.0426. The molecule has 3 rings (SSSR count). The van der Waals surface area contributed by atoms with Crippen molar-refractivity contribution in [2.75, 3.05) is 6.61 Å². The Labute approximate surface area is 157 Å². The van der Waals surface area contributed by atoms with Gasteiger partial charge in [0.25, 0.3) is 0 Å². The molecule has 1 N–H and O–H groups in total. The number of imidazole rings is 1. The third-order valence-corrected chi connectivity index (χ3v) is 4.07. The van der Waals surface area contributed by atoms with Gasteiger partial charge in [0.2, 0.25) is 5.91 Å². The van der Waals surface area contributed by atoms with Crippen LogP contribution in [0.2, 0.25) is 5.02 Å². The van der Waals surface area contributed by atoms with Crippen LogP contribution in [-0.4, -0.2) is 22.1 Å². The van der Waals surface area contributed by atoms with Crippen LogP contribution in [-0.2, 0) is 17.9 Å². The molecule has 0 aliphatic heterocycles. The van der Waals surface area contributed by atoms with Crippen molar-refractivity contribution in [1.82, 2.24) is 14.9 Å². The number of carbonyl (C=O) groups is 1. The van der Waals surface area contributed by atoms with E-state index in [1.54, 1.807) is 36.8 Å². The summed E-state index contributed by atoms with van der Waals surface area (Å²) in [7, 11) is 0. The first-order valence-corrected chi connectivity index (χ1v) is 8.75. The predicted octanol–water partition coefficient (Wildman–Crippen LogP) is 3.67. The van der Waals surface area contributed by atoms with Gasteiger partial charge in [-0.05, 0) is 35.4 Å². The first kappa shape index (κ1) is 18.0. The van der Waals surface area contributed by atoms with Crippen LogP contribution >= 0.6 is 11.6 Å². The second kappa shape index (κ2) is 9.06. The van der Waals surface area contributed by atoms with Crippen molar-refractivity contribution in [2.45, 2.75) is 19.5 Å². The first-order valence-electron chi connectivity index (χ1n) is 8.38. The molecule has 0 saturated carbocycles. The van der Waals surface area contributed by atoms with Crippen molar-refractivity contribution in [1.29, 1.82) is 0 Å². The Bertz CT molecular complexity index is 833. The minimum absolute atomic E-state index is 0.0426. The zero-order valence-corrected chi connectivity index (χ0v) is 15.0. The molecule has 1 aromatic heterocycles. The van der Waals surface area contributed by atoms with Crippen molar-refractivity contribution < 1.29 is 9.53 Å². The number of halogens is 1. The van der Waals surface area contributed by atoms with Crippen LogP contribution in [0.5, 0.6) is 5.75 Å². The normalized spacial score (nSPS) is 10.5. The van der Waals surface area contributed by atoms with Gasteiger partial charge in [-0.25, -0.2) is 4.98 Å². The lowest BCUT2D eigenvalue weighted by Gasteiger charge is -2.09. The number of amides is 1. The van der Waals surface area contributed by atoms with Crippen molar-refractivity contribution in [2.24, 2.45) is 0 Å². The lowest BCUT2D eigenvalue weighted by molar-refractivity contribution is -0.121. The maximum absolute atomic E-state index is 12.0. The summed E-state index contributed by atoms with van der Waals surface area (Å²) < 4.78 is 7.54. The van der Waals surface area contributed by atoms with E-state index in [0.29, 0.717) is 30.3 Å². The highest BCUT2D eigenvalue weighted by Crippen LogP contribution is 2.15. The van der Waals surface area contributed by atoms with Crippen molar-refractivity contribution in [3.63, 3.8) is 0 Å². The number of hydrogen-bond donors (Lipinski definition) is 1. The maximum atomic E-state index is 12.0. The number of aromatic nitrogens is 2. The van der Waals surface area contributed by atoms with E-state index < -0.39 is 0 Å². The highest BCUT2D eigenvalue weighted by atomic mass is 35.5. The van der Waals surface area contributed by atoms with E-state index in [9.17, 15) is 4.79 Å². The van der Waals surface area contributed by atoms with Crippen molar-refractivity contribution in [3.8, 4) is 5.75 Å². The standard InChI is InChI=1S/C20H20ClN3O2/c21-18-4-6-19(7-5-18)26-11-8-20(25)23-13-16-2-1-3-17(12-16)14-24-10-9-22-15-24/h1-7,9-10,12,15H,8,11,13-14H2,(H,23,25). The summed E-state index contributed by atoms with van der Waals surface area (Å²) in [5, 5.41) is 3.58. The molecule has 0 saturated heterocycles. The van der Waals surface area contributed by atoms with E-state index >= 15 is 0 Å². The average Bonchev–Trinajstić information content (AvgIpc) is 3.15. The molecule has 0 fully saturated rings. The second-order valence-corrected chi connectivity index (χ2v) is 6.32. The van der Waals surface area contributed by atoms with Gasteiger partial charge in [-0.15, -0.1) is 0 Å². The maximum Gasteiger partial charge on any atom is 0.223 e. The third kappa shape index (κ3) is 5.63. The van der Waals surface area contributed by atoms with E-state index in [-0.39, 0.29) is 5.91 Å². The fraction of sp³-hybridized carbons (Fsp3) is 0.200. The monoisotopic (exact) mass is 369 g/mol. The average molecular weight is 370 g/mol. The highest BCUT2D eigenvalue weighted by Gasteiger charge is 2.03. The molecule has 1 amide bonds.